The molecule has 0 unspecified atom stereocenters. The predicted molar refractivity (Wildman–Crippen MR) is 63.3 cm³/mol. The number of rotatable bonds is 2. The van der Waals surface area contributed by atoms with E-state index in [1.165, 1.54) is 0 Å². The maximum atomic E-state index is 11.6. The Morgan fingerprint density at radius 2 is 2.60 bits per heavy atom. The molecule has 2 N–H and O–H groups in total. The van der Waals surface area contributed by atoms with Crippen molar-refractivity contribution in [3.63, 3.8) is 0 Å². The Kier molecular flexibility index (Phi) is 4.44. The first-order valence-corrected chi connectivity index (χ1v) is 5.52. The standard InChI is InChI=1S/C8H12N4OS.ClH/c1-12-3-6(2-10-12)11-8(13)7-4-14-5-9-7;/h2-3,7,9H,4-5H2,1H3,(H,11,13);1H/t7-;/m1./s1. The lowest BCUT2D eigenvalue weighted by molar-refractivity contribution is -0.117. The zero-order valence-electron chi connectivity index (χ0n) is 8.27. The zero-order chi connectivity index (χ0) is 9.97. The van der Waals surface area contributed by atoms with Crippen LogP contribution in [0.2, 0.25) is 0 Å². The van der Waals surface area contributed by atoms with Crippen LogP contribution < -0.4 is 10.6 Å². The van der Waals surface area contributed by atoms with Gasteiger partial charge >= 0.3 is 0 Å². The Morgan fingerprint density at radius 3 is 3.13 bits per heavy atom. The topological polar surface area (TPSA) is 59.0 Å². The first-order valence-electron chi connectivity index (χ1n) is 4.36. The van der Waals surface area contributed by atoms with Gasteiger partial charge in [0.15, 0.2) is 0 Å². The lowest BCUT2D eigenvalue weighted by Gasteiger charge is -2.08. The highest BCUT2D eigenvalue weighted by Gasteiger charge is 2.22. The molecule has 5 nitrogen and oxygen atoms in total. The van der Waals surface area contributed by atoms with Crippen LogP contribution in [-0.2, 0) is 11.8 Å². The summed E-state index contributed by atoms with van der Waals surface area (Å²) < 4.78 is 1.66. The molecule has 1 saturated heterocycles. The monoisotopic (exact) mass is 248 g/mol. The quantitative estimate of drug-likeness (QED) is 0.798. The molecular weight excluding hydrogens is 236 g/mol. The maximum Gasteiger partial charge on any atom is 0.242 e. The van der Waals surface area contributed by atoms with E-state index in [1.807, 2.05) is 7.05 Å². The van der Waals surface area contributed by atoms with Gasteiger partial charge in [-0.05, 0) is 0 Å². The van der Waals surface area contributed by atoms with Crippen molar-refractivity contribution in [2.45, 2.75) is 6.04 Å². The summed E-state index contributed by atoms with van der Waals surface area (Å²) in [5.41, 5.74) is 0.746. The summed E-state index contributed by atoms with van der Waals surface area (Å²) in [4.78, 5) is 11.6. The van der Waals surface area contributed by atoms with Gasteiger partial charge in [0.05, 0.1) is 17.9 Å². The molecule has 84 valence electrons. The molecule has 15 heavy (non-hydrogen) atoms. The average molecular weight is 249 g/mol. The average Bonchev–Trinajstić information content (AvgIpc) is 2.75. The van der Waals surface area contributed by atoms with Crippen LogP contribution in [0.25, 0.3) is 0 Å². The second kappa shape index (κ2) is 5.39. The molecule has 0 saturated carbocycles. The van der Waals surface area contributed by atoms with Crippen LogP contribution in [0.15, 0.2) is 12.4 Å². The van der Waals surface area contributed by atoms with Gasteiger partial charge in [0.25, 0.3) is 0 Å². The Balaban J connectivity index is 0.00000112. The number of anilines is 1. The molecule has 1 aliphatic rings. The molecule has 1 aromatic heterocycles. The summed E-state index contributed by atoms with van der Waals surface area (Å²) in [6.07, 6.45) is 3.42. The number of aryl methyl sites for hydroxylation is 1. The number of hydrogen-bond donors (Lipinski definition) is 2. The number of carbonyl (C=O) groups excluding carboxylic acids is 1. The minimum absolute atomic E-state index is 0. The summed E-state index contributed by atoms with van der Waals surface area (Å²) in [5.74, 6) is 1.71. The number of hydrogen-bond acceptors (Lipinski definition) is 4. The van der Waals surface area contributed by atoms with E-state index in [4.69, 9.17) is 0 Å². The molecule has 1 fully saturated rings. The molecule has 1 aliphatic heterocycles. The summed E-state index contributed by atoms with van der Waals surface area (Å²) in [6.45, 7) is 0. The minimum atomic E-state index is -0.0693. The van der Waals surface area contributed by atoms with Gasteiger partial charge in [-0.15, -0.1) is 24.2 Å². The summed E-state index contributed by atoms with van der Waals surface area (Å²) in [6, 6.07) is -0.0693. The van der Waals surface area contributed by atoms with Gasteiger partial charge in [0, 0.05) is 24.9 Å². The van der Waals surface area contributed by atoms with E-state index >= 15 is 0 Å². The molecule has 2 heterocycles. The fourth-order valence-corrected chi connectivity index (χ4v) is 2.22. The van der Waals surface area contributed by atoms with Crippen LogP contribution in [0.3, 0.4) is 0 Å². The van der Waals surface area contributed by atoms with Crippen molar-refractivity contribution in [1.29, 1.82) is 0 Å². The van der Waals surface area contributed by atoms with E-state index in [1.54, 1.807) is 28.8 Å². The normalized spacial score (nSPS) is 19.7. The minimum Gasteiger partial charge on any atom is -0.322 e. The molecule has 7 heteroatoms. The highest BCUT2D eigenvalue weighted by Crippen LogP contribution is 2.12. The van der Waals surface area contributed by atoms with E-state index in [-0.39, 0.29) is 24.4 Å². The van der Waals surface area contributed by atoms with Crippen LogP contribution in [0.1, 0.15) is 0 Å². The van der Waals surface area contributed by atoms with E-state index < -0.39 is 0 Å². The highest BCUT2D eigenvalue weighted by molar-refractivity contribution is 7.99. The largest absolute Gasteiger partial charge is 0.322 e. The Labute approximate surface area is 98.4 Å². The third-order valence-electron chi connectivity index (χ3n) is 2.01. The van der Waals surface area contributed by atoms with E-state index in [9.17, 15) is 4.79 Å². The predicted octanol–water partition coefficient (Wildman–Crippen LogP) is 0.443. The van der Waals surface area contributed by atoms with E-state index in [0.29, 0.717) is 0 Å². The molecule has 1 atom stereocenters. The van der Waals surface area contributed by atoms with Crippen molar-refractivity contribution < 1.29 is 4.79 Å². The highest BCUT2D eigenvalue weighted by atomic mass is 35.5. The Bertz CT molecular complexity index is 337. The first kappa shape index (κ1) is 12.4. The molecule has 0 aromatic carbocycles. The number of carbonyl (C=O) groups is 1. The SMILES string of the molecule is Cl.Cn1cc(NC(=O)[C@H]2CSCN2)cn1. The number of nitrogens with zero attached hydrogens (tertiary/aromatic N) is 2. The third kappa shape index (κ3) is 3.12. The Morgan fingerprint density at radius 1 is 1.80 bits per heavy atom. The number of thioether (sulfide) groups is 1. The van der Waals surface area contributed by atoms with Crippen molar-refractivity contribution in [2.24, 2.45) is 7.05 Å². The van der Waals surface area contributed by atoms with Crippen LogP contribution in [0, 0.1) is 0 Å². The molecule has 0 radical (unpaired) electrons. The van der Waals surface area contributed by atoms with Gasteiger partial charge in [0.2, 0.25) is 5.91 Å². The van der Waals surface area contributed by atoms with Crippen LogP contribution >= 0.6 is 24.2 Å². The molecule has 0 bridgehead atoms. The number of halogens is 1. The number of aromatic nitrogens is 2. The van der Waals surface area contributed by atoms with Gasteiger partial charge in [-0.2, -0.15) is 5.10 Å². The van der Waals surface area contributed by atoms with Crippen LogP contribution in [0.4, 0.5) is 5.69 Å². The van der Waals surface area contributed by atoms with Crippen LogP contribution in [-0.4, -0.2) is 33.4 Å². The summed E-state index contributed by atoms with van der Waals surface area (Å²) >= 11 is 1.73. The molecule has 1 amide bonds. The number of nitrogens with one attached hydrogen (secondary N) is 2. The zero-order valence-corrected chi connectivity index (χ0v) is 9.90. The number of amides is 1. The molecular formula is C8H13ClN4OS. The fourth-order valence-electron chi connectivity index (χ4n) is 1.28. The molecule has 1 aromatic rings. The van der Waals surface area contributed by atoms with Crippen molar-refractivity contribution in [3.8, 4) is 0 Å². The maximum absolute atomic E-state index is 11.6. The van der Waals surface area contributed by atoms with Gasteiger partial charge in [-0.3, -0.25) is 14.8 Å². The van der Waals surface area contributed by atoms with Crippen molar-refractivity contribution in [3.05, 3.63) is 12.4 Å². The molecule has 0 spiro atoms. The second-order valence-electron chi connectivity index (χ2n) is 3.16. The molecule has 2 rings (SSSR count). The van der Waals surface area contributed by atoms with Gasteiger partial charge in [-0.25, -0.2) is 0 Å². The van der Waals surface area contributed by atoms with Gasteiger partial charge in [0.1, 0.15) is 0 Å². The second-order valence-corrected chi connectivity index (χ2v) is 4.19. The first-order chi connectivity index (χ1) is 6.75. The van der Waals surface area contributed by atoms with Crippen LogP contribution in [0.5, 0.6) is 0 Å². The van der Waals surface area contributed by atoms with Crippen molar-refractivity contribution >= 4 is 35.8 Å². The third-order valence-corrected chi connectivity index (χ3v) is 2.95. The Hall–Kier alpha value is -0.720. The van der Waals surface area contributed by atoms with Gasteiger partial charge in [-0.1, -0.05) is 0 Å². The van der Waals surface area contributed by atoms with E-state index in [2.05, 4.69) is 15.7 Å². The summed E-state index contributed by atoms with van der Waals surface area (Å²) in [7, 11) is 1.82. The van der Waals surface area contributed by atoms with Gasteiger partial charge < -0.3 is 5.32 Å². The lowest BCUT2D eigenvalue weighted by Crippen LogP contribution is -2.37. The fraction of sp³-hybridized carbons (Fsp3) is 0.500. The van der Waals surface area contributed by atoms with Crippen molar-refractivity contribution in [2.75, 3.05) is 16.9 Å². The smallest absolute Gasteiger partial charge is 0.242 e. The summed E-state index contributed by atoms with van der Waals surface area (Å²) in [5, 5.41) is 9.89. The van der Waals surface area contributed by atoms with Crippen molar-refractivity contribution in [1.82, 2.24) is 15.1 Å². The molecule has 0 aliphatic carbocycles. The lowest BCUT2D eigenvalue weighted by atomic mass is 10.3. The van der Waals surface area contributed by atoms with E-state index in [0.717, 1.165) is 17.3 Å².